The van der Waals surface area contributed by atoms with E-state index in [9.17, 15) is 19.5 Å². The Kier molecular flexibility index (Phi) is 6.58. The zero-order chi connectivity index (χ0) is 19.9. The van der Waals surface area contributed by atoms with E-state index in [1.54, 1.807) is 0 Å². The zero-order valence-corrected chi connectivity index (χ0v) is 15.6. The van der Waals surface area contributed by atoms with E-state index in [2.05, 4.69) is 0 Å². The molecule has 0 aromatic heterocycles. The molecule has 0 aliphatic heterocycles. The van der Waals surface area contributed by atoms with Crippen molar-refractivity contribution >= 4 is 17.7 Å². The van der Waals surface area contributed by atoms with Crippen molar-refractivity contribution in [2.45, 2.75) is 38.2 Å². The lowest BCUT2D eigenvalue weighted by molar-refractivity contribution is -0.166. The third kappa shape index (κ3) is 5.06. The van der Waals surface area contributed by atoms with Gasteiger partial charge in [-0.25, -0.2) is 0 Å². The maximum atomic E-state index is 12.9. The number of hydrogen-bond donors (Lipinski definition) is 1. The predicted octanol–water partition coefficient (Wildman–Crippen LogP) is 3.97. The van der Waals surface area contributed by atoms with Gasteiger partial charge in [0.1, 0.15) is 11.9 Å². The highest BCUT2D eigenvalue weighted by Gasteiger charge is 2.39. The molecule has 1 N–H and O–H groups in total. The van der Waals surface area contributed by atoms with Crippen molar-refractivity contribution in [3.8, 4) is 0 Å². The lowest BCUT2D eigenvalue weighted by atomic mass is 9.79. The van der Waals surface area contributed by atoms with Crippen LogP contribution < -0.4 is 0 Å². The minimum Gasteiger partial charge on any atom is -0.481 e. The van der Waals surface area contributed by atoms with Crippen molar-refractivity contribution < 1.29 is 24.2 Å². The Morgan fingerprint density at radius 2 is 1.68 bits per heavy atom. The maximum absolute atomic E-state index is 12.9. The summed E-state index contributed by atoms with van der Waals surface area (Å²) in [4.78, 5) is 36.4. The molecule has 146 valence electrons. The van der Waals surface area contributed by atoms with Crippen LogP contribution in [-0.4, -0.2) is 22.8 Å². The molecule has 5 nitrogen and oxygen atoms in total. The van der Waals surface area contributed by atoms with E-state index < -0.39 is 29.9 Å². The topological polar surface area (TPSA) is 80.7 Å². The number of esters is 1. The molecule has 1 aliphatic rings. The standard InChI is InChI=1S/C23H24O5/c24-19-13-7-12-18(15-19)21(22(25)26)23(27)28-20(17-10-5-2-6-11-17)14-16-8-3-1-4-9-16/h1-6,8-11,18,20-21H,7,12-15H2,(H,25,26). The van der Waals surface area contributed by atoms with Gasteiger partial charge in [0.25, 0.3) is 0 Å². The van der Waals surface area contributed by atoms with Gasteiger partial charge >= 0.3 is 11.9 Å². The molecule has 3 rings (SSSR count). The molecular weight excluding hydrogens is 356 g/mol. The lowest BCUT2D eigenvalue weighted by Gasteiger charge is -2.27. The van der Waals surface area contributed by atoms with Crippen molar-refractivity contribution in [1.29, 1.82) is 0 Å². The average molecular weight is 380 g/mol. The number of carbonyl (C=O) groups is 3. The van der Waals surface area contributed by atoms with E-state index in [1.165, 1.54) is 0 Å². The number of rotatable bonds is 7. The second-order valence-electron chi connectivity index (χ2n) is 7.24. The number of benzene rings is 2. The summed E-state index contributed by atoms with van der Waals surface area (Å²) < 4.78 is 5.72. The van der Waals surface area contributed by atoms with E-state index in [4.69, 9.17) is 4.74 Å². The largest absolute Gasteiger partial charge is 0.481 e. The predicted molar refractivity (Wildman–Crippen MR) is 104 cm³/mol. The van der Waals surface area contributed by atoms with Crippen LogP contribution in [0.1, 0.15) is 42.9 Å². The molecule has 2 aromatic rings. The molecule has 2 aromatic carbocycles. The van der Waals surface area contributed by atoms with Crippen LogP contribution in [-0.2, 0) is 25.5 Å². The van der Waals surface area contributed by atoms with Gasteiger partial charge in [-0.2, -0.15) is 0 Å². The molecule has 0 amide bonds. The normalized spacial score (nSPS) is 18.9. The second-order valence-corrected chi connectivity index (χ2v) is 7.24. The van der Waals surface area contributed by atoms with E-state index in [0.29, 0.717) is 25.7 Å². The van der Waals surface area contributed by atoms with E-state index >= 15 is 0 Å². The first-order valence-corrected chi connectivity index (χ1v) is 9.58. The Hall–Kier alpha value is -2.95. The van der Waals surface area contributed by atoms with Gasteiger partial charge in [-0.1, -0.05) is 60.7 Å². The quantitative estimate of drug-likeness (QED) is 0.581. The minimum absolute atomic E-state index is 0.0131. The second kappa shape index (κ2) is 9.31. The van der Waals surface area contributed by atoms with Crippen LogP contribution in [0.2, 0.25) is 0 Å². The first kappa shape index (κ1) is 19.8. The van der Waals surface area contributed by atoms with E-state index in [0.717, 1.165) is 11.1 Å². The molecule has 0 heterocycles. The molecule has 0 spiro atoms. The van der Waals surface area contributed by atoms with Crippen molar-refractivity contribution in [2.75, 3.05) is 0 Å². The summed E-state index contributed by atoms with van der Waals surface area (Å²) in [6.07, 6.45) is 1.61. The first-order valence-electron chi connectivity index (χ1n) is 9.58. The third-order valence-corrected chi connectivity index (χ3v) is 5.21. The Morgan fingerprint density at radius 1 is 1.04 bits per heavy atom. The number of hydrogen-bond acceptors (Lipinski definition) is 4. The van der Waals surface area contributed by atoms with Crippen LogP contribution in [0, 0.1) is 11.8 Å². The maximum Gasteiger partial charge on any atom is 0.321 e. The van der Waals surface area contributed by atoms with Gasteiger partial charge in [-0.3, -0.25) is 14.4 Å². The molecule has 0 radical (unpaired) electrons. The molecule has 5 heteroatoms. The van der Waals surface area contributed by atoms with Gasteiger partial charge < -0.3 is 9.84 Å². The van der Waals surface area contributed by atoms with Gasteiger partial charge in [0.05, 0.1) is 0 Å². The van der Waals surface area contributed by atoms with Crippen LogP contribution in [0.15, 0.2) is 60.7 Å². The van der Waals surface area contributed by atoms with Gasteiger partial charge in [0.2, 0.25) is 0 Å². The molecular formula is C23H24O5. The van der Waals surface area contributed by atoms with Gasteiger partial charge in [0.15, 0.2) is 5.92 Å². The minimum atomic E-state index is -1.31. The number of ketones is 1. The molecule has 0 bridgehead atoms. The highest BCUT2D eigenvalue weighted by Crippen LogP contribution is 2.31. The molecule has 1 aliphatic carbocycles. The Balaban J connectivity index is 1.80. The molecule has 1 fully saturated rings. The average Bonchev–Trinajstić information content (AvgIpc) is 2.69. The van der Waals surface area contributed by atoms with E-state index in [-0.39, 0.29) is 12.2 Å². The Labute approximate surface area is 164 Å². The van der Waals surface area contributed by atoms with Crippen LogP contribution in [0.5, 0.6) is 0 Å². The van der Waals surface area contributed by atoms with Crippen LogP contribution >= 0.6 is 0 Å². The number of aliphatic carboxylic acids is 1. The van der Waals surface area contributed by atoms with Crippen molar-refractivity contribution in [3.05, 3.63) is 71.8 Å². The molecule has 3 unspecified atom stereocenters. The molecule has 0 saturated heterocycles. The van der Waals surface area contributed by atoms with Gasteiger partial charge in [-0.15, -0.1) is 0 Å². The van der Waals surface area contributed by atoms with E-state index in [1.807, 2.05) is 60.7 Å². The summed E-state index contributed by atoms with van der Waals surface area (Å²) in [6, 6.07) is 18.9. The van der Waals surface area contributed by atoms with Crippen molar-refractivity contribution in [1.82, 2.24) is 0 Å². The fraction of sp³-hybridized carbons (Fsp3) is 0.348. The van der Waals surface area contributed by atoms with Gasteiger partial charge in [-0.05, 0) is 29.9 Å². The van der Waals surface area contributed by atoms with Crippen molar-refractivity contribution in [2.24, 2.45) is 11.8 Å². The highest BCUT2D eigenvalue weighted by atomic mass is 16.5. The summed E-state index contributed by atoms with van der Waals surface area (Å²) in [5.74, 6) is -3.79. The summed E-state index contributed by atoms with van der Waals surface area (Å²) in [6.45, 7) is 0. The molecule has 1 saturated carbocycles. The highest BCUT2D eigenvalue weighted by molar-refractivity contribution is 5.95. The molecule has 28 heavy (non-hydrogen) atoms. The lowest BCUT2D eigenvalue weighted by Crippen LogP contribution is -2.36. The van der Waals surface area contributed by atoms with Gasteiger partial charge in [0, 0.05) is 19.3 Å². The summed E-state index contributed by atoms with van der Waals surface area (Å²) in [5, 5.41) is 9.64. The number of carboxylic acid groups (broad SMARTS) is 1. The van der Waals surface area contributed by atoms with Crippen LogP contribution in [0.4, 0.5) is 0 Å². The van der Waals surface area contributed by atoms with Crippen LogP contribution in [0.3, 0.4) is 0 Å². The van der Waals surface area contributed by atoms with Crippen molar-refractivity contribution in [3.63, 3.8) is 0 Å². The fourth-order valence-electron chi connectivity index (χ4n) is 3.77. The Morgan fingerprint density at radius 3 is 2.29 bits per heavy atom. The number of Topliss-reactive ketones (excluding diaryl/α,β-unsaturated/α-hetero) is 1. The SMILES string of the molecule is O=C1CCCC(C(C(=O)O)C(=O)OC(Cc2ccccc2)c2ccccc2)C1. The monoisotopic (exact) mass is 380 g/mol. The number of carbonyl (C=O) groups excluding carboxylic acids is 2. The summed E-state index contributed by atoms with van der Waals surface area (Å²) >= 11 is 0. The zero-order valence-electron chi connectivity index (χ0n) is 15.6. The Bertz CT molecular complexity index is 815. The fourth-order valence-corrected chi connectivity index (χ4v) is 3.77. The smallest absolute Gasteiger partial charge is 0.321 e. The number of ether oxygens (including phenoxy) is 1. The summed E-state index contributed by atoms with van der Waals surface area (Å²) in [7, 11) is 0. The molecule has 3 atom stereocenters. The third-order valence-electron chi connectivity index (χ3n) is 5.21. The first-order chi connectivity index (χ1) is 13.5. The van der Waals surface area contributed by atoms with Crippen LogP contribution in [0.25, 0.3) is 0 Å². The summed E-state index contributed by atoms with van der Waals surface area (Å²) in [5.41, 5.74) is 1.80. The number of carboxylic acids is 1.